The molecule has 2 fully saturated rings. The lowest BCUT2D eigenvalue weighted by Gasteiger charge is -2.17. The molecule has 0 aromatic rings. The fourth-order valence-corrected chi connectivity index (χ4v) is 2.41. The van der Waals surface area contributed by atoms with Gasteiger partial charge in [-0.05, 0) is 30.6 Å². The molecule has 3 unspecified atom stereocenters. The molecule has 2 aliphatic rings. The minimum absolute atomic E-state index is 0.781. The van der Waals surface area contributed by atoms with E-state index < -0.39 is 0 Å². The molecular weight excluding hydrogens is 122 g/mol. The zero-order valence-corrected chi connectivity index (χ0v) is 6.21. The molecule has 0 heterocycles. The van der Waals surface area contributed by atoms with Crippen molar-refractivity contribution in [3.63, 3.8) is 0 Å². The normalized spacial score (nSPS) is 43.7. The number of hydrogen-bond donors (Lipinski definition) is 0. The van der Waals surface area contributed by atoms with Crippen LogP contribution in [0.3, 0.4) is 0 Å². The lowest BCUT2D eigenvalue weighted by atomic mass is 9.87. The number of rotatable bonds is 1. The van der Waals surface area contributed by atoms with Crippen LogP contribution >= 0.6 is 0 Å². The van der Waals surface area contributed by atoms with Gasteiger partial charge >= 0.3 is 0 Å². The summed E-state index contributed by atoms with van der Waals surface area (Å²) in [4.78, 5) is 0. The van der Waals surface area contributed by atoms with E-state index in [1.54, 1.807) is 0 Å². The van der Waals surface area contributed by atoms with Gasteiger partial charge in [0.15, 0.2) is 0 Å². The molecule has 0 aromatic heterocycles. The highest BCUT2D eigenvalue weighted by Gasteiger charge is 2.44. The molecule has 0 saturated heterocycles. The Morgan fingerprint density at radius 2 is 2.30 bits per heavy atom. The average Bonchev–Trinajstić information content (AvgIpc) is 2.67. The van der Waals surface area contributed by atoms with Gasteiger partial charge in [-0.25, -0.2) is 0 Å². The molecule has 0 N–H and O–H groups in total. The van der Waals surface area contributed by atoms with Gasteiger partial charge in [-0.1, -0.05) is 12.8 Å². The van der Waals surface area contributed by atoms with Gasteiger partial charge in [0, 0.05) is 6.42 Å². The second-order valence-corrected chi connectivity index (χ2v) is 3.71. The van der Waals surface area contributed by atoms with Crippen molar-refractivity contribution in [2.75, 3.05) is 0 Å². The molecule has 54 valence electrons. The van der Waals surface area contributed by atoms with Crippen LogP contribution in [0.5, 0.6) is 0 Å². The largest absolute Gasteiger partial charge is 0.198 e. The Labute approximate surface area is 62.0 Å². The van der Waals surface area contributed by atoms with E-state index in [0.717, 1.165) is 24.2 Å². The Kier molecular flexibility index (Phi) is 1.41. The minimum Gasteiger partial charge on any atom is -0.198 e. The molecule has 2 saturated carbocycles. The van der Waals surface area contributed by atoms with Crippen LogP contribution in [0.1, 0.15) is 32.1 Å². The predicted octanol–water partition coefficient (Wildman–Crippen LogP) is 2.34. The van der Waals surface area contributed by atoms with Gasteiger partial charge in [0.05, 0.1) is 6.07 Å². The smallest absolute Gasteiger partial charge is 0.0624 e. The van der Waals surface area contributed by atoms with Gasteiger partial charge in [-0.15, -0.1) is 0 Å². The maximum Gasteiger partial charge on any atom is 0.0624 e. The van der Waals surface area contributed by atoms with Crippen LogP contribution in [0, 0.1) is 29.1 Å². The first-order chi connectivity index (χ1) is 4.92. The lowest BCUT2D eigenvalue weighted by Crippen LogP contribution is -2.08. The Hall–Kier alpha value is -0.510. The van der Waals surface area contributed by atoms with Crippen molar-refractivity contribution in [1.82, 2.24) is 0 Å². The molecule has 1 nitrogen and oxygen atoms in total. The molecule has 0 radical (unpaired) electrons. The van der Waals surface area contributed by atoms with Gasteiger partial charge < -0.3 is 0 Å². The summed E-state index contributed by atoms with van der Waals surface area (Å²) in [6, 6.07) is 2.29. The third-order valence-corrected chi connectivity index (χ3v) is 3.09. The average molecular weight is 135 g/mol. The summed E-state index contributed by atoms with van der Waals surface area (Å²) in [5.41, 5.74) is 0. The summed E-state index contributed by atoms with van der Waals surface area (Å²) < 4.78 is 0. The molecular formula is C9H13N. The standard InChI is InChI=1S/C9H13N/c10-5-4-7-2-1-3-8-6-9(7)8/h7-9H,1-4,6H2. The van der Waals surface area contributed by atoms with Crippen molar-refractivity contribution in [2.24, 2.45) is 17.8 Å². The van der Waals surface area contributed by atoms with E-state index >= 15 is 0 Å². The zero-order valence-electron chi connectivity index (χ0n) is 6.21. The maximum atomic E-state index is 8.50. The van der Waals surface area contributed by atoms with Crippen molar-refractivity contribution >= 4 is 0 Å². The lowest BCUT2D eigenvalue weighted by molar-refractivity contribution is 0.341. The highest BCUT2D eigenvalue weighted by atomic mass is 14.5. The van der Waals surface area contributed by atoms with E-state index in [1.807, 2.05) is 0 Å². The van der Waals surface area contributed by atoms with Gasteiger partial charge in [0.25, 0.3) is 0 Å². The Balaban J connectivity index is 1.91. The molecule has 2 aliphatic carbocycles. The van der Waals surface area contributed by atoms with E-state index in [2.05, 4.69) is 6.07 Å². The summed E-state index contributed by atoms with van der Waals surface area (Å²) >= 11 is 0. The van der Waals surface area contributed by atoms with Crippen molar-refractivity contribution in [3.8, 4) is 6.07 Å². The van der Waals surface area contributed by atoms with E-state index in [-0.39, 0.29) is 0 Å². The number of hydrogen-bond acceptors (Lipinski definition) is 1. The fourth-order valence-electron chi connectivity index (χ4n) is 2.41. The second-order valence-electron chi connectivity index (χ2n) is 3.71. The van der Waals surface area contributed by atoms with Gasteiger partial charge in [-0.3, -0.25) is 0 Å². The molecule has 3 atom stereocenters. The first-order valence-electron chi connectivity index (χ1n) is 4.29. The topological polar surface area (TPSA) is 23.8 Å². The van der Waals surface area contributed by atoms with Crippen LogP contribution in [-0.2, 0) is 0 Å². The van der Waals surface area contributed by atoms with Crippen molar-refractivity contribution in [2.45, 2.75) is 32.1 Å². The molecule has 2 rings (SSSR count). The van der Waals surface area contributed by atoms with Crippen molar-refractivity contribution in [3.05, 3.63) is 0 Å². The number of fused-ring (bicyclic) bond motifs is 1. The first-order valence-corrected chi connectivity index (χ1v) is 4.29. The van der Waals surface area contributed by atoms with E-state index in [9.17, 15) is 0 Å². The second kappa shape index (κ2) is 2.27. The molecule has 0 aliphatic heterocycles. The van der Waals surface area contributed by atoms with Crippen LogP contribution < -0.4 is 0 Å². The quantitative estimate of drug-likeness (QED) is 0.541. The SMILES string of the molecule is N#CCC1CCCC2CC12. The van der Waals surface area contributed by atoms with Crippen LogP contribution in [0.15, 0.2) is 0 Å². The van der Waals surface area contributed by atoms with Crippen molar-refractivity contribution < 1.29 is 0 Å². The van der Waals surface area contributed by atoms with Gasteiger partial charge in [-0.2, -0.15) is 5.26 Å². The number of nitriles is 1. The molecule has 0 spiro atoms. The summed E-state index contributed by atoms with van der Waals surface area (Å²) in [6.45, 7) is 0. The van der Waals surface area contributed by atoms with Crippen molar-refractivity contribution in [1.29, 1.82) is 5.26 Å². The van der Waals surface area contributed by atoms with Gasteiger partial charge in [0.2, 0.25) is 0 Å². The zero-order chi connectivity index (χ0) is 6.97. The molecule has 0 aromatic carbocycles. The van der Waals surface area contributed by atoms with Crippen LogP contribution in [0.2, 0.25) is 0 Å². The van der Waals surface area contributed by atoms with Crippen LogP contribution in [-0.4, -0.2) is 0 Å². The third kappa shape index (κ3) is 0.923. The van der Waals surface area contributed by atoms with E-state index in [0.29, 0.717) is 0 Å². The molecule has 0 bridgehead atoms. The molecule has 10 heavy (non-hydrogen) atoms. The first kappa shape index (κ1) is 6.22. The Bertz CT molecular complexity index is 168. The Morgan fingerprint density at radius 1 is 1.40 bits per heavy atom. The number of nitrogens with zero attached hydrogens (tertiary/aromatic N) is 1. The van der Waals surface area contributed by atoms with E-state index in [1.165, 1.54) is 25.7 Å². The summed E-state index contributed by atoms with van der Waals surface area (Å²) in [5.74, 6) is 2.78. The minimum atomic E-state index is 0.781. The maximum absolute atomic E-state index is 8.50. The monoisotopic (exact) mass is 135 g/mol. The molecule has 0 amide bonds. The summed E-state index contributed by atoms with van der Waals surface area (Å²) in [7, 11) is 0. The highest BCUT2D eigenvalue weighted by molar-refractivity contribution is 4.97. The van der Waals surface area contributed by atoms with Gasteiger partial charge in [0.1, 0.15) is 0 Å². The van der Waals surface area contributed by atoms with Crippen LogP contribution in [0.4, 0.5) is 0 Å². The van der Waals surface area contributed by atoms with E-state index in [4.69, 9.17) is 5.26 Å². The predicted molar refractivity (Wildman–Crippen MR) is 39.2 cm³/mol. The van der Waals surface area contributed by atoms with Crippen LogP contribution in [0.25, 0.3) is 0 Å². The fraction of sp³-hybridized carbons (Fsp3) is 0.889. The highest BCUT2D eigenvalue weighted by Crippen LogP contribution is 2.53. The Morgan fingerprint density at radius 3 is 3.10 bits per heavy atom. The summed E-state index contributed by atoms with van der Waals surface area (Å²) in [5, 5.41) is 8.50. The summed E-state index contributed by atoms with van der Waals surface area (Å²) in [6.07, 6.45) is 6.42. The molecule has 1 heteroatoms. The third-order valence-electron chi connectivity index (χ3n) is 3.09.